The van der Waals surface area contributed by atoms with Gasteiger partial charge in [0.25, 0.3) is 0 Å². The lowest BCUT2D eigenvalue weighted by molar-refractivity contribution is 0.0536. The first kappa shape index (κ1) is 11.6. The van der Waals surface area contributed by atoms with Crippen molar-refractivity contribution in [2.45, 2.75) is 32.2 Å². The van der Waals surface area contributed by atoms with Gasteiger partial charge in [0.05, 0.1) is 12.6 Å². The van der Waals surface area contributed by atoms with Crippen LogP contribution in [-0.4, -0.2) is 29.7 Å². The van der Waals surface area contributed by atoms with Crippen LogP contribution in [0.2, 0.25) is 0 Å². The zero-order valence-corrected chi connectivity index (χ0v) is 9.91. The van der Waals surface area contributed by atoms with E-state index in [1.807, 2.05) is 12.4 Å². The van der Waals surface area contributed by atoms with Crippen molar-refractivity contribution in [2.75, 3.05) is 19.8 Å². The Morgan fingerprint density at radius 1 is 1.69 bits per heavy atom. The zero-order valence-electron chi connectivity index (χ0n) is 9.91. The second-order valence-corrected chi connectivity index (χ2v) is 4.43. The summed E-state index contributed by atoms with van der Waals surface area (Å²) in [6.07, 6.45) is 7.22. The van der Waals surface area contributed by atoms with Gasteiger partial charge in [-0.1, -0.05) is 6.92 Å². The lowest BCUT2D eigenvalue weighted by atomic mass is 10.0. The Balaban J connectivity index is 1.78. The molecule has 1 aromatic heterocycles. The monoisotopic (exact) mass is 223 g/mol. The van der Waals surface area contributed by atoms with Crippen LogP contribution < -0.4 is 5.32 Å². The van der Waals surface area contributed by atoms with Crippen molar-refractivity contribution in [1.82, 2.24) is 15.3 Å². The molecule has 0 amide bonds. The maximum absolute atomic E-state index is 5.48. The van der Waals surface area contributed by atoms with Crippen molar-refractivity contribution in [3.8, 4) is 0 Å². The van der Waals surface area contributed by atoms with Crippen molar-refractivity contribution in [1.29, 1.82) is 0 Å². The predicted molar refractivity (Wildman–Crippen MR) is 63.2 cm³/mol. The van der Waals surface area contributed by atoms with Crippen molar-refractivity contribution in [3.05, 3.63) is 18.2 Å². The van der Waals surface area contributed by atoms with Crippen LogP contribution in [0, 0.1) is 5.92 Å². The number of rotatable bonds is 5. The molecule has 90 valence electrons. The summed E-state index contributed by atoms with van der Waals surface area (Å²) in [4.78, 5) is 7.47. The first-order valence-corrected chi connectivity index (χ1v) is 6.20. The average molecular weight is 223 g/mol. The van der Waals surface area contributed by atoms with Crippen molar-refractivity contribution >= 4 is 0 Å². The van der Waals surface area contributed by atoms with Gasteiger partial charge < -0.3 is 15.0 Å². The van der Waals surface area contributed by atoms with Crippen molar-refractivity contribution in [3.63, 3.8) is 0 Å². The maximum Gasteiger partial charge on any atom is 0.123 e. The Hall–Kier alpha value is -0.870. The van der Waals surface area contributed by atoms with Crippen LogP contribution in [0.3, 0.4) is 0 Å². The van der Waals surface area contributed by atoms with Crippen LogP contribution in [0.4, 0.5) is 0 Å². The third-order valence-electron chi connectivity index (χ3n) is 3.17. The summed E-state index contributed by atoms with van der Waals surface area (Å²) < 4.78 is 5.48. The molecule has 4 nitrogen and oxygen atoms in total. The standard InChI is InChI=1S/C12H21N3O/c1-2-11(12-13-5-6-14-12)15-8-10-4-3-7-16-9-10/h5-6,10-11,15H,2-4,7-9H2,1H3,(H,13,14). The van der Waals surface area contributed by atoms with Gasteiger partial charge in [-0.3, -0.25) is 0 Å². The molecule has 2 rings (SSSR count). The second-order valence-electron chi connectivity index (χ2n) is 4.43. The number of aromatic nitrogens is 2. The van der Waals surface area contributed by atoms with Gasteiger partial charge in [0.15, 0.2) is 0 Å². The van der Waals surface area contributed by atoms with E-state index in [9.17, 15) is 0 Å². The molecule has 0 spiro atoms. The maximum atomic E-state index is 5.48. The second kappa shape index (κ2) is 6.01. The van der Waals surface area contributed by atoms with E-state index in [1.165, 1.54) is 12.8 Å². The summed E-state index contributed by atoms with van der Waals surface area (Å²) in [7, 11) is 0. The lowest BCUT2D eigenvalue weighted by Gasteiger charge is -2.24. The van der Waals surface area contributed by atoms with Crippen LogP contribution in [0.5, 0.6) is 0 Å². The minimum Gasteiger partial charge on any atom is -0.381 e. The number of aromatic amines is 1. The fourth-order valence-electron chi connectivity index (χ4n) is 2.18. The SMILES string of the molecule is CCC(NCC1CCCOC1)c1ncc[nH]1. The molecule has 1 fully saturated rings. The molecule has 16 heavy (non-hydrogen) atoms. The summed E-state index contributed by atoms with van der Waals surface area (Å²) in [6.45, 7) is 5.05. The third-order valence-corrected chi connectivity index (χ3v) is 3.17. The van der Waals surface area contributed by atoms with Gasteiger partial charge in [0.2, 0.25) is 0 Å². The largest absolute Gasteiger partial charge is 0.381 e. The smallest absolute Gasteiger partial charge is 0.123 e. The molecule has 1 saturated heterocycles. The molecular weight excluding hydrogens is 202 g/mol. The molecule has 0 aliphatic carbocycles. The number of hydrogen-bond acceptors (Lipinski definition) is 3. The molecule has 2 N–H and O–H groups in total. The van der Waals surface area contributed by atoms with E-state index in [0.29, 0.717) is 12.0 Å². The lowest BCUT2D eigenvalue weighted by Crippen LogP contribution is -2.32. The fourth-order valence-corrected chi connectivity index (χ4v) is 2.18. The highest BCUT2D eigenvalue weighted by Crippen LogP contribution is 2.16. The van der Waals surface area contributed by atoms with E-state index >= 15 is 0 Å². The molecule has 2 heterocycles. The summed E-state index contributed by atoms with van der Waals surface area (Å²) in [6, 6.07) is 0.344. The Morgan fingerprint density at radius 3 is 3.25 bits per heavy atom. The normalized spacial score (nSPS) is 23.2. The van der Waals surface area contributed by atoms with Gasteiger partial charge >= 0.3 is 0 Å². The van der Waals surface area contributed by atoms with Gasteiger partial charge in [0, 0.05) is 25.5 Å². The number of imidazole rings is 1. The van der Waals surface area contributed by atoms with E-state index in [1.54, 1.807) is 0 Å². The Morgan fingerprint density at radius 2 is 2.62 bits per heavy atom. The molecular formula is C12H21N3O. The molecule has 1 aliphatic rings. The number of hydrogen-bond donors (Lipinski definition) is 2. The highest BCUT2D eigenvalue weighted by atomic mass is 16.5. The Kier molecular flexibility index (Phi) is 4.36. The van der Waals surface area contributed by atoms with Crippen molar-refractivity contribution in [2.24, 2.45) is 5.92 Å². The minimum absolute atomic E-state index is 0.344. The summed E-state index contributed by atoms with van der Waals surface area (Å²) >= 11 is 0. The highest BCUT2D eigenvalue weighted by Gasteiger charge is 2.17. The minimum atomic E-state index is 0.344. The quantitative estimate of drug-likeness (QED) is 0.801. The third kappa shape index (κ3) is 3.06. The van der Waals surface area contributed by atoms with E-state index in [4.69, 9.17) is 4.74 Å². The zero-order chi connectivity index (χ0) is 11.2. The highest BCUT2D eigenvalue weighted by molar-refractivity contribution is 4.95. The Labute approximate surface area is 96.8 Å². The molecule has 2 unspecified atom stereocenters. The molecule has 4 heteroatoms. The number of nitrogens with zero attached hydrogens (tertiary/aromatic N) is 1. The van der Waals surface area contributed by atoms with Gasteiger partial charge in [-0.2, -0.15) is 0 Å². The molecule has 0 radical (unpaired) electrons. The first-order valence-electron chi connectivity index (χ1n) is 6.20. The number of nitrogens with one attached hydrogen (secondary N) is 2. The molecule has 0 saturated carbocycles. The van der Waals surface area contributed by atoms with Crippen LogP contribution in [0.15, 0.2) is 12.4 Å². The topological polar surface area (TPSA) is 49.9 Å². The van der Waals surface area contributed by atoms with Gasteiger partial charge in [-0.05, 0) is 25.2 Å². The fraction of sp³-hybridized carbons (Fsp3) is 0.750. The van der Waals surface area contributed by atoms with E-state index < -0.39 is 0 Å². The molecule has 1 aliphatic heterocycles. The average Bonchev–Trinajstić information content (AvgIpc) is 2.85. The number of H-pyrrole nitrogens is 1. The Bertz CT molecular complexity index is 280. The summed E-state index contributed by atoms with van der Waals surface area (Å²) in [5.41, 5.74) is 0. The molecule has 2 atom stereocenters. The van der Waals surface area contributed by atoms with E-state index in [0.717, 1.165) is 32.0 Å². The predicted octanol–water partition coefficient (Wildman–Crippen LogP) is 1.88. The molecule has 0 bridgehead atoms. The number of ether oxygens (including phenoxy) is 1. The van der Waals surface area contributed by atoms with Crippen LogP contribution in [0.25, 0.3) is 0 Å². The van der Waals surface area contributed by atoms with Gasteiger partial charge in [-0.25, -0.2) is 4.98 Å². The van der Waals surface area contributed by atoms with Gasteiger partial charge in [0.1, 0.15) is 5.82 Å². The van der Waals surface area contributed by atoms with Crippen LogP contribution in [0.1, 0.15) is 38.1 Å². The summed E-state index contributed by atoms with van der Waals surface area (Å²) in [5.74, 6) is 1.71. The van der Waals surface area contributed by atoms with Crippen LogP contribution in [-0.2, 0) is 4.74 Å². The van der Waals surface area contributed by atoms with Crippen LogP contribution >= 0.6 is 0 Å². The van der Waals surface area contributed by atoms with E-state index in [-0.39, 0.29) is 0 Å². The van der Waals surface area contributed by atoms with Crippen molar-refractivity contribution < 1.29 is 4.74 Å². The molecule has 1 aromatic rings. The first-order chi connectivity index (χ1) is 7.90. The van der Waals surface area contributed by atoms with Gasteiger partial charge in [-0.15, -0.1) is 0 Å². The molecule has 0 aromatic carbocycles. The summed E-state index contributed by atoms with van der Waals surface area (Å²) in [5, 5.41) is 3.57. The van der Waals surface area contributed by atoms with E-state index in [2.05, 4.69) is 22.2 Å².